The summed E-state index contributed by atoms with van der Waals surface area (Å²) >= 11 is 0. The number of ether oxygens (including phenoxy) is 4. The highest BCUT2D eigenvalue weighted by Gasteiger charge is 2.25. The van der Waals surface area contributed by atoms with Crippen molar-refractivity contribution in [3.8, 4) is 0 Å². The topological polar surface area (TPSA) is 108 Å². The number of hydrogen-bond acceptors (Lipinski definition) is 7. The number of rotatable bonds is 71. The van der Waals surface area contributed by atoms with Crippen LogP contribution in [-0.4, -0.2) is 87.4 Å². The van der Waals surface area contributed by atoms with Gasteiger partial charge in [-0.15, -0.1) is 0 Å². The minimum Gasteiger partial charge on any atom is -0.477 e. The van der Waals surface area contributed by atoms with Gasteiger partial charge >= 0.3 is 17.9 Å². The van der Waals surface area contributed by atoms with Crippen LogP contribution in [0.4, 0.5) is 0 Å². The van der Waals surface area contributed by atoms with Gasteiger partial charge in [-0.1, -0.05) is 373 Å². The molecule has 0 amide bonds. The highest BCUT2D eigenvalue weighted by Crippen LogP contribution is 2.20. The fraction of sp³-hybridized carbons (Fsp3) is 0.959. The Hall–Kier alpha value is -1.71. The summed E-state index contributed by atoms with van der Waals surface area (Å²) < 4.78 is 23.0. The smallest absolute Gasteiger partial charge is 0.361 e. The first-order valence-electron chi connectivity index (χ1n) is 37.2. The molecule has 0 aromatic heterocycles. The van der Waals surface area contributed by atoms with Gasteiger partial charge < -0.3 is 28.5 Å². The van der Waals surface area contributed by atoms with Crippen LogP contribution in [0.3, 0.4) is 0 Å². The van der Waals surface area contributed by atoms with Crippen molar-refractivity contribution in [1.82, 2.24) is 0 Å². The first-order valence-corrected chi connectivity index (χ1v) is 37.2. The van der Waals surface area contributed by atoms with Crippen LogP contribution in [-0.2, 0) is 33.3 Å². The van der Waals surface area contributed by atoms with Crippen LogP contribution in [0.1, 0.15) is 399 Å². The second kappa shape index (κ2) is 66.2. The quantitative estimate of drug-likeness (QED) is 0.0278. The van der Waals surface area contributed by atoms with Crippen molar-refractivity contribution in [2.45, 2.75) is 411 Å². The summed E-state index contributed by atoms with van der Waals surface area (Å²) in [6.45, 7) is 4.98. The summed E-state index contributed by atoms with van der Waals surface area (Å²) in [4.78, 5) is 37.6. The van der Waals surface area contributed by atoms with Crippen molar-refractivity contribution in [3.63, 3.8) is 0 Å². The van der Waals surface area contributed by atoms with Crippen molar-refractivity contribution in [2.75, 3.05) is 47.5 Å². The summed E-state index contributed by atoms with van der Waals surface area (Å²) in [6, 6.07) is 0. The number of aliphatic carboxylic acids is 1. The van der Waals surface area contributed by atoms with E-state index in [9.17, 15) is 19.5 Å². The highest BCUT2D eigenvalue weighted by atomic mass is 16.7. The number of esters is 2. The number of carboxylic acids is 1. The molecule has 494 valence electrons. The van der Waals surface area contributed by atoms with Crippen LogP contribution in [0.2, 0.25) is 0 Å². The standard InChI is InChI=1S/C74H145NO8/c1-6-8-10-12-14-16-18-20-22-24-26-28-30-32-33-34-35-36-37-38-39-41-43-45-47-49-51-53-55-57-59-61-63-65-72(77)83-70(69-82-74(73(78)79)80-67-66-75(3,4)5)68-81-71(76)64-62-60-58-56-54-52-50-48-46-44-42-40-31-29-27-25-23-21-19-17-15-13-11-9-7-2/h70,74H,6-69H2,1-5H3/p+1. The maximum Gasteiger partial charge on any atom is 0.361 e. The van der Waals surface area contributed by atoms with Crippen molar-refractivity contribution in [2.24, 2.45) is 0 Å². The Bertz CT molecular complexity index is 1320. The number of nitrogens with zero attached hydrogens (tertiary/aromatic N) is 1. The first kappa shape index (κ1) is 81.3. The lowest BCUT2D eigenvalue weighted by Gasteiger charge is -2.25. The molecule has 0 heterocycles. The lowest BCUT2D eigenvalue weighted by atomic mass is 10.0. The minimum atomic E-state index is -1.50. The summed E-state index contributed by atoms with van der Waals surface area (Å²) in [5.74, 6) is -1.96. The summed E-state index contributed by atoms with van der Waals surface area (Å²) in [7, 11) is 6.00. The lowest BCUT2D eigenvalue weighted by molar-refractivity contribution is -0.870. The van der Waals surface area contributed by atoms with E-state index in [1.165, 1.54) is 334 Å². The van der Waals surface area contributed by atoms with E-state index in [-0.39, 0.29) is 38.2 Å². The molecule has 0 rings (SSSR count). The van der Waals surface area contributed by atoms with Gasteiger partial charge in [0.25, 0.3) is 6.29 Å². The highest BCUT2D eigenvalue weighted by molar-refractivity contribution is 5.71. The van der Waals surface area contributed by atoms with Gasteiger partial charge in [0.05, 0.1) is 34.4 Å². The number of carbonyl (C=O) groups excluding carboxylic acids is 2. The van der Waals surface area contributed by atoms with Crippen molar-refractivity contribution < 1.29 is 42.9 Å². The van der Waals surface area contributed by atoms with Gasteiger partial charge in [-0.3, -0.25) is 9.59 Å². The molecule has 2 unspecified atom stereocenters. The molecule has 0 saturated carbocycles. The molecule has 1 N–H and O–H groups in total. The van der Waals surface area contributed by atoms with E-state index in [0.29, 0.717) is 17.4 Å². The largest absolute Gasteiger partial charge is 0.477 e. The molecule has 0 saturated heterocycles. The van der Waals surface area contributed by atoms with Crippen LogP contribution in [0.15, 0.2) is 0 Å². The predicted molar refractivity (Wildman–Crippen MR) is 355 cm³/mol. The fourth-order valence-electron chi connectivity index (χ4n) is 11.7. The van der Waals surface area contributed by atoms with Gasteiger partial charge in [-0.05, 0) is 12.8 Å². The summed E-state index contributed by atoms with van der Waals surface area (Å²) in [5, 5.41) is 9.75. The number of hydrogen-bond donors (Lipinski definition) is 1. The first-order chi connectivity index (χ1) is 40.6. The van der Waals surface area contributed by atoms with E-state index in [0.717, 1.165) is 38.5 Å². The SMILES string of the molecule is CCCCCCCCCCCCCCCCCCCCCCCCCCCCCCCCCCCC(=O)OC(COC(=O)CCCCCCCCCCCCCCCCCCCCCCCCCCC)COC(OCC[N+](C)(C)C)C(=O)O. The van der Waals surface area contributed by atoms with Crippen molar-refractivity contribution in [1.29, 1.82) is 0 Å². The molecule has 2 atom stereocenters. The molecule has 0 aromatic carbocycles. The fourth-order valence-corrected chi connectivity index (χ4v) is 11.7. The van der Waals surface area contributed by atoms with Gasteiger partial charge in [0.15, 0.2) is 6.10 Å². The van der Waals surface area contributed by atoms with Gasteiger partial charge in [-0.2, -0.15) is 0 Å². The molecule has 0 fully saturated rings. The molecule has 83 heavy (non-hydrogen) atoms. The number of carboxylic acid groups (broad SMARTS) is 1. The zero-order valence-electron chi connectivity index (χ0n) is 56.7. The van der Waals surface area contributed by atoms with E-state index >= 15 is 0 Å². The lowest BCUT2D eigenvalue weighted by Crippen LogP contribution is -2.40. The van der Waals surface area contributed by atoms with Gasteiger partial charge in [0, 0.05) is 12.8 Å². The van der Waals surface area contributed by atoms with Gasteiger partial charge in [0.2, 0.25) is 0 Å². The Balaban J connectivity index is 3.99. The van der Waals surface area contributed by atoms with E-state index < -0.39 is 18.4 Å². The van der Waals surface area contributed by atoms with Crippen LogP contribution < -0.4 is 0 Å². The van der Waals surface area contributed by atoms with E-state index in [4.69, 9.17) is 18.9 Å². The Labute approximate surface area is 517 Å². The maximum absolute atomic E-state index is 13.0. The second-order valence-corrected chi connectivity index (χ2v) is 27.0. The molecule has 0 bridgehead atoms. The number of carbonyl (C=O) groups is 3. The van der Waals surface area contributed by atoms with E-state index in [1.807, 2.05) is 21.1 Å². The molecule has 0 spiro atoms. The Morgan fingerprint density at radius 2 is 0.542 bits per heavy atom. The molecule has 0 aliphatic carbocycles. The molecule has 9 heteroatoms. The summed E-state index contributed by atoms with van der Waals surface area (Å²) in [5.41, 5.74) is 0. The Kier molecular flexibility index (Phi) is 64.9. The van der Waals surface area contributed by atoms with Gasteiger partial charge in [-0.25, -0.2) is 4.79 Å². The third-order valence-electron chi connectivity index (χ3n) is 17.4. The van der Waals surface area contributed by atoms with E-state index in [2.05, 4.69) is 13.8 Å². The predicted octanol–water partition coefficient (Wildman–Crippen LogP) is 23.0. The molecule has 0 aromatic rings. The second-order valence-electron chi connectivity index (χ2n) is 27.0. The van der Waals surface area contributed by atoms with Crippen LogP contribution in [0.5, 0.6) is 0 Å². The average Bonchev–Trinajstić information content (AvgIpc) is 3.46. The Morgan fingerprint density at radius 1 is 0.313 bits per heavy atom. The zero-order chi connectivity index (χ0) is 60.5. The van der Waals surface area contributed by atoms with Crippen LogP contribution in [0, 0.1) is 0 Å². The third-order valence-corrected chi connectivity index (χ3v) is 17.4. The molecular formula is C74H146NO8+. The molecule has 0 aliphatic heterocycles. The molecule has 0 aliphatic rings. The number of likely N-dealkylation sites (N-methyl/N-ethyl adjacent to an activating group) is 1. The Morgan fingerprint density at radius 3 is 0.771 bits per heavy atom. The van der Waals surface area contributed by atoms with Crippen LogP contribution >= 0.6 is 0 Å². The molecule has 9 nitrogen and oxygen atoms in total. The monoisotopic (exact) mass is 1180 g/mol. The van der Waals surface area contributed by atoms with Crippen molar-refractivity contribution >= 4 is 17.9 Å². The average molecular weight is 1180 g/mol. The third kappa shape index (κ3) is 67.7. The summed E-state index contributed by atoms with van der Waals surface area (Å²) in [6.07, 6.45) is 76.7. The molecular weight excluding hydrogens is 1030 g/mol. The normalized spacial score (nSPS) is 12.5. The molecule has 0 radical (unpaired) electrons. The van der Waals surface area contributed by atoms with Gasteiger partial charge in [0.1, 0.15) is 13.2 Å². The van der Waals surface area contributed by atoms with Crippen LogP contribution in [0.25, 0.3) is 0 Å². The maximum atomic E-state index is 13.0. The minimum absolute atomic E-state index is 0.172. The zero-order valence-corrected chi connectivity index (χ0v) is 56.7. The number of quaternary nitrogens is 1. The van der Waals surface area contributed by atoms with E-state index in [1.54, 1.807) is 0 Å². The number of unbranched alkanes of at least 4 members (excludes halogenated alkanes) is 56. The van der Waals surface area contributed by atoms with Crippen molar-refractivity contribution in [3.05, 3.63) is 0 Å².